The first-order valence-electron chi connectivity index (χ1n) is 10.7. The van der Waals surface area contributed by atoms with Gasteiger partial charge in [-0.2, -0.15) is 0 Å². The third-order valence-corrected chi connectivity index (χ3v) is 6.80. The van der Waals surface area contributed by atoms with Crippen molar-refractivity contribution in [2.45, 2.75) is 45.1 Å². The van der Waals surface area contributed by atoms with Crippen LogP contribution in [0.15, 0.2) is 24.5 Å². The van der Waals surface area contributed by atoms with E-state index in [9.17, 15) is 4.79 Å². The predicted molar refractivity (Wildman–Crippen MR) is 105 cm³/mol. The fourth-order valence-electron chi connectivity index (χ4n) is 5.29. The van der Waals surface area contributed by atoms with E-state index in [1.165, 1.54) is 31.2 Å². The number of hydrogen-bond acceptors (Lipinski definition) is 4. The summed E-state index contributed by atoms with van der Waals surface area (Å²) in [5.74, 6) is 2.71. The van der Waals surface area contributed by atoms with Gasteiger partial charge >= 0.3 is 0 Å². The molecular formula is C22H33N3O2. The van der Waals surface area contributed by atoms with Crippen LogP contribution < -0.4 is 0 Å². The minimum absolute atomic E-state index is 0.353. The topological polar surface area (TPSA) is 45.7 Å². The van der Waals surface area contributed by atoms with Gasteiger partial charge in [-0.1, -0.05) is 6.42 Å². The summed E-state index contributed by atoms with van der Waals surface area (Å²) in [6.07, 6.45) is 10.8. The first-order chi connectivity index (χ1) is 13.3. The summed E-state index contributed by atoms with van der Waals surface area (Å²) in [5, 5.41) is 0. The molecular weight excluding hydrogens is 338 g/mol. The number of pyridine rings is 1. The fraction of sp³-hybridized carbons (Fsp3) is 0.727. The Morgan fingerprint density at radius 2 is 2.00 bits per heavy atom. The van der Waals surface area contributed by atoms with Crippen LogP contribution in [0.2, 0.25) is 0 Å². The monoisotopic (exact) mass is 371 g/mol. The molecule has 0 N–H and O–H groups in total. The second kappa shape index (κ2) is 9.16. The molecule has 0 radical (unpaired) electrons. The van der Waals surface area contributed by atoms with E-state index in [2.05, 4.69) is 14.8 Å². The molecule has 148 valence electrons. The quantitative estimate of drug-likeness (QED) is 0.705. The molecule has 2 heterocycles. The van der Waals surface area contributed by atoms with Crippen LogP contribution in [0.25, 0.3) is 0 Å². The maximum atomic E-state index is 13.1. The molecule has 1 saturated heterocycles. The maximum absolute atomic E-state index is 13.1. The van der Waals surface area contributed by atoms with E-state index in [-0.39, 0.29) is 0 Å². The fourth-order valence-corrected chi connectivity index (χ4v) is 5.29. The minimum atomic E-state index is 0.353. The van der Waals surface area contributed by atoms with Crippen LogP contribution in [0, 0.1) is 17.8 Å². The Morgan fingerprint density at radius 1 is 1.19 bits per heavy atom. The van der Waals surface area contributed by atoms with E-state index >= 15 is 0 Å². The van der Waals surface area contributed by atoms with Crippen molar-refractivity contribution in [1.82, 2.24) is 14.8 Å². The van der Waals surface area contributed by atoms with Crippen LogP contribution >= 0.6 is 0 Å². The van der Waals surface area contributed by atoms with Gasteiger partial charge in [0, 0.05) is 51.5 Å². The minimum Gasteiger partial charge on any atom is -0.379 e. The van der Waals surface area contributed by atoms with Crippen LogP contribution in [0.5, 0.6) is 0 Å². The summed E-state index contributed by atoms with van der Waals surface area (Å²) in [6.45, 7) is 6.32. The van der Waals surface area contributed by atoms with Gasteiger partial charge in [0.1, 0.15) is 0 Å². The third-order valence-electron chi connectivity index (χ3n) is 6.80. The highest BCUT2D eigenvalue weighted by Crippen LogP contribution is 2.49. The molecule has 1 amide bonds. The average Bonchev–Trinajstić information content (AvgIpc) is 3.32. The Morgan fingerprint density at radius 3 is 2.70 bits per heavy atom. The number of hydrogen-bond donors (Lipinski definition) is 0. The summed E-state index contributed by atoms with van der Waals surface area (Å²) in [7, 11) is 0. The van der Waals surface area contributed by atoms with E-state index in [1.807, 2.05) is 24.5 Å². The number of aromatic nitrogens is 1. The molecule has 5 nitrogen and oxygen atoms in total. The zero-order valence-corrected chi connectivity index (χ0v) is 16.4. The second-order valence-electron chi connectivity index (χ2n) is 8.62. The molecule has 3 unspecified atom stereocenters. The number of carbonyl (C=O) groups excluding carboxylic acids is 1. The standard InChI is InChI=1S/C22H33N3O2/c26-22(16-21-15-19-2-3-20(21)14-19)25(17-18-4-6-23-7-5-18)9-1-8-24-10-12-27-13-11-24/h4-7,19-21H,1-3,8-17H2. The Kier molecular flexibility index (Phi) is 6.40. The van der Waals surface area contributed by atoms with Gasteiger partial charge < -0.3 is 9.64 Å². The lowest BCUT2D eigenvalue weighted by molar-refractivity contribution is -0.133. The van der Waals surface area contributed by atoms with E-state index in [0.717, 1.165) is 64.1 Å². The van der Waals surface area contributed by atoms with Gasteiger partial charge in [0.15, 0.2) is 0 Å². The molecule has 4 rings (SSSR count). The zero-order valence-electron chi connectivity index (χ0n) is 16.4. The number of amides is 1. The zero-order chi connectivity index (χ0) is 18.5. The highest BCUT2D eigenvalue weighted by molar-refractivity contribution is 5.76. The van der Waals surface area contributed by atoms with Gasteiger partial charge in [-0.25, -0.2) is 0 Å². The van der Waals surface area contributed by atoms with E-state index in [0.29, 0.717) is 18.4 Å². The number of nitrogens with zero attached hydrogens (tertiary/aromatic N) is 3. The highest BCUT2D eigenvalue weighted by Gasteiger charge is 2.40. The Labute approximate surface area is 163 Å². The summed E-state index contributed by atoms with van der Waals surface area (Å²) in [6, 6.07) is 4.06. The van der Waals surface area contributed by atoms with Gasteiger partial charge in [-0.15, -0.1) is 0 Å². The highest BCUT2D eigenvalue weighted by atomic mass is 16.5. The summed E-state index contributed by atoms with van der Waals surface area (Å²) < 4.78 is 5.43. The number of morpholine rings is 1. The molecule has 2 saturated carbocycles. The largest absolute Gasteiger partial charge is 0.379 e. The third kappa shape index (κ3) is 5.08. The SMILES string of the molecule is O=C(CC1CC2CCC1C2)N(CCCN1CCOCC1)Cc1ccncc1. The van der Waals surface area contributed by atoms with Crippen molar-refractivity contribution in [2.24, 2.45) is 17.8 Å². The Hall–Kier alpha value is -1.46. The van der Waals surface area contributed by atoms with E-state index < -0.39 is 0 Å². The Bertz CT molecular complexity index is 603. The van der Waals surface area contributed by atoms with Crippen LogP contribution in [-0.4, -0.2) is 60.1 Å². The van der Waals surface area contributed by atoms with Crippen molar-refractivity contribution < 1.29 is 9.53 Å². The van der Waals surface area contributed by atoms with Crippen molar-refractivity contribution >= 4 is 5.91 Å². The van der Waals surface area contributed by atoms with Crippen LogP contribution in [0.3, 0.4) is 0 Å². The van der Waals surface area contributed by atoms with Crippen molar-refractivity contribution in [3.63, 3.8) is 0 Å². The van der Waals surface area contributed by atoms with Crippen molar-refractivity contribution in [2.75, 3.05) is 39.4 Å². The molecule has 3 fully saturated rings. The maximum Gasteiger partial charge on any atom is 0.223 e. The lowest BCUT2D eigenvalue weighted by atomic mass is 9.86. The average molecular weight is 372 g/mol. The number of ether oxygens (including phenoxy) is 1. The molecule has 1 aliphatic heterocycles. The summed E-state index contributed by atoms with van der Waals surface area (Å²) >= 11 is 0. The Balaban J connectivity index is 1.32. The van der Waals surface area contributed by atoms with E-state index in [1.54, 1.807) is 0 Å². The first kappa shape index (κ1) is 18.9. The van der Waals surface area contributed by atoms with Crippen LogP contribution in [-0.2, 0) is 16.1 Å². The molecule has 3 aliphatic rings. The first-order valence-corrected chi connectivity index (χ1v) is 10.7. The van der Waals surface area contributed by atoms with Gasteiger partial charge in [0.25, 0.3) is 0 Å². The normalized spacial score (nSPS) is 27.8. The van der Waals surface area contributed by atoms with Crippen molar-refractivity contribution in [1.29, 1.82) is 0 Å². The molecule has 1 aromatic rings. The smallest absolute Gasteiger partial charge is 0.223 e. The molecule has 1 aromatic heterocycles. The molecule has 27 heavy (non-hydrogen) atoms. The number of fused-ring (bicyclic) bond motifs is 2. The molecule has 2 aliphatic carbocycles. The summed E-state index contributed by atoms with van der Waals surface area (Å²) in [4.78, 5) is 21.8. The number of rotatable bonds is 8. The van der Waals surface area contributed by atoms with Gasteiger partial charge in [0.2, 0.25) is 5.91 Å². The van der Waals surface area contributed by atoms with Gasteiger partial charge in [-0.05, 0) is 61.1 Å². The molecule has 3 atom stereocenters. The molecule has 2 bridgehead atoms. The van der Waals surface area contributed by atoms with Crippen molar-refractivity contribution in [3.8, 4) is 0 Å². The second-order valence-corrected chi connectivity index (χ2v) is 8.62. The lowest BCUT2D eigenvalue weighted by Gasteiger charge is -2.30. The lowest BCUT2D eigenvalue weighted by Crippen LogP contribution is -2.39. The van der Waals surface area contributed by atoms with Crippen LogP contribution in [0.4, 0.5) is 0 Å². The van der Waals surface area contributed by atoms with Gasteiger partial charge in [-0.3, -0.25) is 14.7 Å². The van der Waals surface area contributed by atoms with Gasteiger partial charge in [0.05, 0.1) is 13.2 Å². The summed E-state index contributed by atoms with van der Waals surface area (Å²) in [5.41, 5.74) is 1.18. The predicted octanol–water partition coefficient (Wildman–Crippen LogP) is 2.96. The van der Waals surface area contributed by atoms with Crippen LogP contribution in [0.1, 0.15) is 44.1 Å². The molecule has 0 aromatic carbocycles. The van der Waals surface area contributed by atoms with Crippen molar-refractivity contribution in [3.05, 3.63) is 30.1 Å². The van der Waals surface area contributed by atoms with E-state index in [4.69, 9.17) is 4.74 Å². The number of carbonyl (C=O) groups is 1. The molecule has 0 spiro atoms. The molecule has 5 heteroatoms.